The molecule has 2 aromatic rings. The molecule has 27 heavy (non-hydrogen) atoms. The number of likely N-dealkylation sites (tertiary alicyclic amines) is 1. The highest BCUT2D eigenvalue weighted by Gasteiger charge is 2.30. The van der Waals surface area contributed by atoms with Gasteiger partial charge in [-0.2, -0.15) is 0 Å². The lowest BCUT2D eigenvalue weighted by Crippen LogP contribution is -2.39. The van der Waals surface area contributed by atoms with Crippen molar-refractivity contribution in [3.05, 3.63) is 64.7 Å². The van der Waals surface area contributed by atoms with Gasteiger partial charge in [0.2, 0.25) is 0 Å². The lowest BCUT2D eigenvalue weighted by Gasteiger charge is -2.33. The maximum absolute atomic E-state index is 14.2. The number of hydrogen-bond acceptors (Lipinski definition) is 3. The maximum atomic E-state index is 14.2. The number of amides is 1. The first-order chi connectivity index (χ1) is 12.9. The van der Waals surface area contributed by atoms with Crippen molar-refractivity contribution >= 4 is 11.9 Å². The maximum Gasteiger partial charge on any atom is 0.335 e. The van der Waals surface area contributed by atoms with Crippen LogP contribution in [0, 0.1) is 11.6 Å². The van der Waals surface area contributed by atoms with Gasteiger partial charge in [-0.3, -0.25) is 4.79 Å². The molecule has 0 saturated carbocycles. The number of benzene rings is 2. The highest BCUT2D eigenvalue weighted by molar-refractivity contribution is 5.97. The Morgan fingerprint density at radius 2 is 1.85 bits per heavy atom. The SMILES string of the molecule is COc1ccc(F)c(F)c1C(=O)N1CCC[C@@H](c2ccc(C(=O)O)cc2)C1. The van der Waals surface area contributed by atoms with Gasteiger partial charge in [0, 0.05) is 19.0 Å². The van der Waals surface area contributed by atoms with E-state index in [4.69, 9.17) is 9.84 Å². The zero-order valence-electron chi connectivity index (χ0n) is 14.7. The lowest BCUT2D eigenvalue weighted by molar-refractivity contribution is 0.0690. The van der Waals surface area contributed by atoms with Crippen molar-refractivity contribution in [2.75, 3.05) is 20.2 Å². The fourth-order valence-corrected chi connectivity index (χ4v) is 3.39. The Kier molecular flexibility index (Phi) is 5.39. The second-order valence-electron chi connectivity index (χ2n) is 6.46. The van der Waals surface area contributed by atoms with Gasteiger partial charge in [-0.1, -0.05) is 12.1 Å². The number of piperidine rings is 1. The molecule has 0 spiro atoms. The van der Waals surface area contributed by atoms with Crippen LogP contribution in [0.3, 0.4) is 0 Å². The second kappa shape index (κ2) is 7.73. The van der Waals surface area contributed by atoms with Crippen molar-refractivity contribution < 1.29 is 28.2 Å². The van der Waals surface area contributed by atoms with Crippen LogP contribution in [0.4, 0.5) is 8.78 Å². The molecule has 1 aliphatic rings. The number of methoxy groups -OCH3 is 1. The van der Waals surface area contributed by atoms with Gasteiger partial charge in [0.1, 0.15) is 11.3 Å². The van der Waals surface area contributed by atoms with E-state index >= 15 is 0 Å². The lowest BCUT2D eigenvalue weighted by atomic mass is 9.89. The molecule has 142 valence electrons. The molecule has 0 aromatic heterocycles. The van der Waals surface area contributed by atoms with Gasteiger partial charge in [-0.05, 0) is 42.7 Å². The average Bonchev–Trinajstić information content (AvgIpc) is 2.69. The second-order valence-corrected chi connectivity index (χ2v) is 6.46. The summed E-state index contributed by atoms with van der Waals surface area (Å²) >= 11 is 0. The number of carbonyl (C=O) groups is 2. The number of carboxylic acid groups (broad SMARTS) is 1. The third-order valence-corrected chi connectivity index (χ3v) is 4.83. The fraction of sp³-hybridized carbons (Fsp3) is 0.300. The van der Waals surface area contributed by atoms with Crippen molar-refractivity contribution in [3.8, 4) is 5.75 Å². The largest absolute Gasteiger partial charge is 0.496 e. The first-order valence-corrected chi connectivity index (χ1v) is 8.57. The summed E-state index contributed by atoms with van der Waals surface area (Å²) in [6.07, 6.45) is 1.52. The van der Waals surface area contributed by atoms with Gasteiger partial charge in [0.25, 0.3) is 5.91 Å². The van der Waals surface area contributed by atoms with Crippen LogP contribution in [0.15, 0.2) is 36.4 Å². The molecule has 5 nitrogen and oxygen atoms in total. The van der Waals surface area contributed by atoms with Crippen LogP contribution in [-0.2, 0) is 0 Å². The Balaban J connectivity index is 1.83. The first kappa shape index (κ1) is 18.8. The minimum Gasteiger partial charge on any atom is -0.496 e. The van der Waals surface area contributed by atoms with Gasteiger partial charge >= 0.3 is 5.97 Å². The average molecular weight is 375 g/mol. The van der Waals surface area contributed by atoms with Gasteiger partial charge in [-0.15, -0.1) is 0 Å². The smallest absolute Gasteiger partial charge is 0.335 e. The Labute approximate surface area is 155 Å². The number of aromatic carboxylic acids is 1. The molecule has 7 heteroatoms. The van der Waals surface area contributed by atoms with E-state index in [0.29, 0.717) is 19.5 Å². The number of carboxylic acids is 1. The highest BCUT2D eigenvalue weighted by atomic mass is 19.2. The zero-order chi connectivity index (χ0) is 19.6. The number of ether oxygens (including phenoxy) is 1. The van der Waals surface area contributed by atoms with E-state index in [-0.39, 0.29) is 17.2 Å². The number of nitrogens with zero attached hydrogens (tertiary/aromatic N) is 1. The summed E-state index contributed by atoms with van der Waals surface area (Å²) < 4.78 is 32.9. The van der Waals surface area contributed by atoms with Crippen molar-refractivity contribution in [2.24, 2.45) is 0 Å². The summed E-state index contributed by atoms with van der Waals surface area (Å²) in [6, 6.07) is 8.66. The Hall–Kier alpha value is -2.96. The molecule has 1 N–H and O–H groups in total. The van der Waals surface area contributed by atoms with Crippen LogP contribution >= 0.6 is 0 Å². The molecule has 0 bridgehead atoms. The molecule has 1 fully saturated rings. The highest BCUT2D eigenvalue weighted by Crippen LogP contribution is 2.31. The molecule has 0 radical (unpaired) electrons. The Bertz CT molecular complexity index is 867. The van der Waals surface area contributed by atoms with Crippen LogP contribution in [0.25, 0.3) is 0 Å². The number of halogens is 2. The molecule has 1 amide bonds. The molecule has 1 aliphatic heterocycles. The van der Waals surface area contributed by atoms with Crippen molar-refractivity contribution in [1.82, 2.24) is 4.90 Å². The summed E-state index contributed by atoms with van der Waals surface area (Å²) in [6.45, 7) is 0.770. The summed E-state index contributed by atoms with van der Waals surface area (Å²) in [7, 11) is 1.30. The summed E-state index contributed by atoms with van der Waals surface area (Å²) in [4.78, 5) is 25.3. The molecule has 1 saturated heterocycles. The molecule has 2 aromatic carbocycles. The van der Waals surface area contributed by atoms with Crippen LogP contribution < -0.4 is 4.74 Å². The molecule has 3 rings (SSSR count). The first-order valence-electron chi connectivity index (χ1n) is 8.57. The van der Waals surface area contributed by atoms with Crippen LogP contribution in [0.5, 0.6) is 5.75 Å². The molecule has 0 unspecified atom stereocenters. The van der Waals surface area contributed by atoms with Crippen LogP contribution in [0.2, 0.25) is 0 Å². The predicted octanol–water partition coefficient (Wildman–Crippen LogP) is 3.69. The van der Waals surface area contributed by atoms with Gasteiger partial charge < -0.3 is 14.7 Å². The zero-order valence-corrected chi connectivity index (χ0v) is 14.7. The molecule has 1 heterocycles. The van der Waals surface area contributed by atoms with E-state index in [2.05, 4.69) is 0 Å². The van der Waals surface area contributed by atoms with Crippen LogP contribution in [0.1, 0.15) is 45.0 Å². The van der Waals surface area contributed by atoms with Crippen LogP contribution in [-0.4, -0.2) is 42.1 Å². The van der Waals surface area contributed by atoms with E-state index in [1.807, 2.05) is 0 Å². The fourth-order valence-electron chi connectivity index (χ4n) is 3.39. The third-order valence-electron chi connectivity index (χ3n) is 4.83. The number of carbonyl (C=O) groups excluding carboxylic acids is 1. The van der Waals surface area contributed by atoms with E-state index in [1.165, 1.54) is 30.2 Å². The van der Waals surface area contributed by atoms with E-state index in [9.17, 15) is 18.4 Å². The number of hydrogen-bond donors (Lipinski definition) is 1. The van der Waals surface area contributed by atoms with E-state index < -0.39 is 29.1 Å². The van der Waals surface area contributed by atoms with Crippen molar-refractivity contribution in [1.29, 1.82) is 0 Å². The molecule has 0 aliphatic carbocycles. The minimum atomic E-state index is -1.22. The topological polar surface area (TPSA) is 66.8 Å². The summed E-state index contributed by atoms with van der Waals surface area (Å²) in [5.41, 5.74) is 0.692. The predicted molar refractivity (Wildman–Crippen MR) is 94.2 cm³/mol. The Morgan fingerprint density at radius 3 is 2.48 bits per heavy atom. The summed E-state index contributed by atoms with van der Waals surface area (Å²) in [5, 5.41) is 8.99. The minimum absolute atomic E-state index is 0.00633. The normalized spacial score (nSPS) is 16.9. The van der Waals surface area contributed by atoms with Gasteiger partial charge in [0.05, 0.1) is 12.7 Å². The standard InChI is InChI=1S/C20H19F2NO4/c1-27-16-9-8-15(21)18(22)17(16)19(24)23-10-2-3-14(11-23)12-4-6-13(7-5-12)20(25)26/h4-9,14H,2-3,10-11H2,1H3,(H,25,26)/t14-/m1/s1. The molecular formula is C20H19F2NO4. The van der Waals surface area contributed by atoms with Gasteiger partial charge in [0.15, 0.2) is 11.6 Å². The number of rotatable bonds is 4. The van der Waals surface area contributed by atoms with Gasteiger partial charge in [-0.25, -0.2) is 13.6 Å². The molecule has 1 atom stereocenters. The van der Waals surface area contributed by atoms with Crippen molar-refractivity contribution in [3.63, 3.8) is 0 Å². The Morgan fingerprint density at radius 1 is 1.15 bits per heavy atom. The monoisotopic (exact) mass is 375 g/mol. The van der Waals surface area contributed by atoms with E-state index in [0.717, 1.165) is 18.1 Å². The summed E-state index contributed by atoms with van der Waals surface area (Å²) in [5.74, 6) is -3.95. The quantitative estimate of drug-likeness (QED) is 0.885. The molecular weight excluding hydrogens is 356 g/mol. The third kappa shape index (κ3) is 3.77. The van der Waals surface area contributed by atoms with Crippen molar-refractivity contribution in [2.45, 2.75) is 18.8 Å². The van der Waals surface area contributed by atoms with E-state index in [1.54, 1.807) is 12.1 Å².